The summed E-state index contributed by atoms with van der Waals surface area (Å²) in [6.45, 7) is -0.982. The Balaban J connectivity index is 2.37. The Kier molecular flexibility index (Phi) is 9.00. The van der Waals surface area contributed by atoms with Crippen molar-refractivity contribution in [1.29, 1.82) is 0 Å². The highest BCUT2D eigenvalue weighted by Crippen LogP contribution is 2.27. The highest BCUT2D eigenvalue weighted by Gasteiger charge is 2.49. The number of carbonyl (C=O) groups excluding carboxylic acids is 2. The highest BCUT2D eigenvalue weighted by atomic mass is 32.2. The van der Waals surface area contributed by atoms with Crippen LogP contribution in [0, 0.1) is 0 Å². The maximum absolute atomic E-state index is 14.9. The van der Waals surface area contributed by atoms with E-state index in [1.807, 2.05) is 0 Å². The average Bonchev–Trinajstić information content (AvgIpc) is 2.79. The number of carbonyl (C=O) groups is 2. The van der Waals surface area contributed by atoms with Gasteiger partial charge in [-0.05, 0) is 24.3 Å². The Morgan fingerprint density at radius 1 is 1.00 bits per heavy atom. The van der Waals surface area contributed by atoms with E-state index < -0.39 is 46.8 Å². The fraction of sp³-hybridized carbons (Fsp3) is 0.286. The van der Waals surface area contributed by atoms with E-state index in [4.69, 9.17) is 13.7 Å². The van der Waals surface area contributed by atoms with Gasteiger partial charge in [0, 0.05) is 0 Å². The molecule has 0 aliphatic carbocycles. The van der Waals surface area contributed by atoms with Crippen molar-refractivity contribution in [2.45, 2.75) is 18.1 Å². The smallest absolute Gasteiger partial charge is 0.338 e. The molecular weight excluding hydrogens is 464 g/mol. The molecule has 0 heterocycles. The molecule has 0 bridgehead atoms. The van der Waals surface area contributed by atoms with Crippen LogP contribution in [0.4, 0.5) is 8.78 Å². The van der Waals surface area contributed by atoms with Crippen molar-refractivity contribution in [3.63, 3.8) is 0 Å². The molecule has 0 radical (unpaired) electrons. The van der Waals surface area contributed by atoms with Crippen LogP contribution in [0.15, 0.2) is 65.8 Å². The summed E-state index contributed by atoms with van der Waals surface area (Å²) in [5, 5.41) is 2.99. The molecule has 2 aromatic carbocycles. The molecule has 9 nitrogen and oxygen atoms in total. The summed E-state index contributed by atoms with van der Waals surface area (Å²) >= 11 is 0. The summed E-state index contributed by atoms with van der Waals surface area (Å²) in [5.41, 5.74) is 0.00232. The molecular formula is C21H21F2NO8S. The minimum Gasteiger partial charge on any atom is -0.459 e. The first-order valence-corrected chi connectivity index (χ1v) is 11.2. The molecule has 12 heteroatoms. The first-order chi connectivity index (χ1) is 15.5. The lowest BCUT2D eigenvalue weighted by Crippen LogP contribution is -2.50. The predicted molar refractivity (Wildman–Crippen MR) is 113 cm³/mol. The SMILES string of the molecule is CO/N=C/C(F)(F)[C@H](OC(=O)c1ccccc1)[C@@H](COC(=O)c1ccccc1)OS(C)(=O)=O. The van der Waals surface area contributed by atoms with Gasteiger partial charge in [0.2, 0.25) is 6.10 Å². The second-order valence-corrected chi connectivity index (χ2v) is 8.19. The summed E-state index contributed by atoms with van der Waals surface area (Å²) in [6.07, 6.45) is -4.04. The molecule has 0 amide bonds. The van der Waals surface area contributed by atoms with Crippen LogP contribution in [0.2, 0.25) is 0 Å². The Hall–Kier alpha value is -3.38. The predicted octanol–water partition coefficient (Wildman–Crippen LogP) is 2.68. The molecule has 0 unspecified atom stereocenters. The normalized spacial score (nSPS) is 13.8. The van der Waals surface area contributed by atoms with Crippen molar-refractivity contribution in [3.8, 4) is 0 Å². The fourth-order valence-electron chi connectivity index (χ4n) is 2.56. The zero-order valence-corrected chi connectivity index (χ0v) is 18.4. The van der Waals surface area contributed by atoms with Crippen molar-refractivity contribution in [2.75, 3.05) is 20.0 Å². The molecule has 2 aromatic rings. The quantitative estimate of drug-likeness (QED) is 0.206. The number of benzene rings is 2. The zero-order valence-electron chi connectivity index (χ0n) is 17.6. The lowest BCUT2D eigenvalue weighted by molar-refractivity contribution is -0.118. The van der Waals surface area contributed by atoms with E-state index in [1.165, 1.54) is 36.4 Å². The van der Waals surface area contributed by atoms with Crippen LogP contribution in [0.1, 0.15) is 20.7 Å². The van der Waals surface area contributed by atoms with Gasteiger partial charge >= 0.3 is 17.9 Å². The topological polar surface area (TPSA) is 118 Å². The third-order valence-corrected chi connectivity index (χ3v) is 4.57. The lowest BCUT2D eigenvalue weighted by Gasteiger charge is -2.29. The molecule has 0 aromatic heterocycles. The summed E-state index contributed by atoms with van der Waals surface area (Å²) in [7, 11) is -3.35. The number of alkyl halides is 2. The maximum atomic E-state index is 14.9. The summed E-state index contributed by atoms with van der Waals surface area (Å²) in [5.74, 6) is -6.20. The van der Waals surface area contributed by atoms with E-state index in [2.05, 4.69) is 9.99 Å². The third kappa shape index (κ3) is 8.24. The Morgan fingerprint density at radius 2 is 1.52 bits per heavy atom. The van der Waals surface area contributed by atoms with Crippen LogP contribution in [0.5, 0.6) is 0 Å². The van der Waals surface area contributed by atoms with Crippen LogP contribution in [0.25, 0.3) is 0 Å². The Labute approximate surface area is 189 Å². The number of hydrogen-bond acceptors (Lipinski definition) is 9. The van der Waals surface area contributed by atoms with Crippen LogP contribution in [-0.2, 0) is 28.6 Å². The minimum absolute atomic E-state index is 0.0214. The zero-order chi connectivity index (χ0) is 24.5. The van der Waals surface area contributed by atoms with Gasteiger partial charge in [-0.2, -0.15) is 17.2 Å². The average molecular weight is 485 g/mol. The highest BCUT2D eigenvalue weighted by molar-refractivity contribution is 7.86. The molecule has 0 saturated heterocycles. The van der Waals surface area contributed by atoms with Gasteiger partial charge in [-0.1, -0.05) is 41.6 Å². The molecule has 0 fully saturated rings. The lowest BCUT2D eigenvalue weighted by atomic mass is 10.1. The molecule has 0 aliphatic heterocycles. The van der Waals surface area contributed by atoms with Crippen molar-refractivity contribution in [1.82, 2.24) is 0 Å². The summed E-state index contributed by atoms with van der Waals surface area (Å²) < 4.78 is 67.9. The standard InChI is InChI=1S/C21H21F2NO8S/c1-29-24-14-21(22,23)18(31-20(26)16-11-7-4-8-12-16)17(32-33(2,27)28)13-30-19(25)15-9-5-3-6-10-15/h3-12,14,17-18H,13H2,1-2H3/b24-14+/t17-,18-/m1/s1. The van der Waals surface area contributed by atoms with E-state index in [9.17, 15) is 26.8 Å². The van der Waals surface area contributed by atoms with Crippen LogP contribution < -0.4 is 0 Å². The molecule has 33 heavy (non-hydrogen) atoms. The van der Waals surface area contributed by atoms with Gasteiger partial charge in [-0.3, -0.25) is 4.18 Å². The van der Waals surface area contributed by atoms with E-state index in [-0.39, 0.29) is 17.3 Å². The first-order valence-electron chi connectivity index (χ1n) is 9.35. The number of hydrogen-bond donors (Lipinski definition) is 0. The van der Waals surface area contributed by atoms with Gasteiger partial charge in [-0.15, -0.1) is 0 Å². The number of oxime groups is 1. The Morgan fingerprint density at radius 3 is 2.00 bits per heavy atom. The maximum Gasteiger partial charge on any atom is 0.338 e. The molecule has 2 atom stereocenters. The molecule has 0 aliphatic rings. The van der Waals surface area contributed by atoms with Crippen LogP contribution in [-0.4, -0.2) is 64.7 Å². The fourth-order valence-corrected chi connectivity index (χ4v) is 3.17. The van der Waals surface area contributed by atoms with Gasteiger partial charge in [0.25, 0.3) is 10.1 Å². The first kappa shape index (κ1) is 25.9. The van der Waals surface area contributed by atoms with Gasteiger partial charge in [0.05, 0.1) is 17.4 Å². The molecule has 0 spiro atoms. The van der Waals surface area contributed by atoms with Crippen molar-refractivity contribution < 1.29 is 45.3 Å². The number of ether oxygens (including phenoxy) is 2. The number of nitrogens with zero attached hydrogens (tertiary/aromatic N) is 1. The van der Waals surface area contributed by atoms with Gasteiger partial charge in [0.1, 0.15) is 19.9 Å². The van der Waals surface area contributed by atoms with Gasteiger partial charge in [-0.25, -0.2) is 9.59 Å². The third-order valence-electron chi connectivity index (χ3n) is 3.98. The van der Waals surface area contributed by atoms with E-state index >= 15 is 0 Å². The number of rotatable bonds is 11. The molecule has 2 rings (SSSR count). The number of halogens is 2. The van der Waals surface area contributed by atoms with Gasteiger partial charge in [0.15, 0.2) is 6.10 Å². The summed E-state index contributed by atoms with van der Waals surface area (Å²) in [6, 6.07) is 14.7. The largest absolute Gasteiger partial charge is 0.459 e. The molecule has 0 N–H and O–H groups in total. The minimum atomic E-state index is -4.35. The van der Waals surface area contributed by atoms with Crippen molar-refractivity contribution in [3.05, 3.63) is 71.8 Å². The Bertz CT molecular complexity index is 1060. The van der Waals surface area contributed by atoms with Crippen LogP contribution in [0.3, 0.4) is 0 Å². The van der Waals surface area contributed by atoms with Crippen LogP contribution >= 0.6 is 0 Å². The number of esters is 2. The van der Waals surface area contributed by atoms with E-state index in [0.717, 1.165) is 7.11 Å². The monoisotopic (exact) mass is 485 g/mol. The second kappa shape index (κ2) is 11.5. The van der Waals surface area contributed by atoms with Gasteiger partial charge < -0.3 is 14.3 Å². The van der Waals surface area contributed by atoms with E-state index in [1.54, 1.807) is 24.3 Å². The van der Waals surface area contributed by atoms with Crippen molar-refractivity contribution in [2.24, 2.45) is 5.16 Å². The summed E-state index contributed by atoms with van der Waals surface area (Å²) in [4.78, 5) is 29.0. The molecule has 178 valence electrons. The van der Waals surface area contributed by atoms with E-state index in [0.29, 0.717) is 6.26 Å². The van der Waals surface area contributed by atoms with Crippen molar-refractivity contribution >= 4 is 28.3 Å². The second-order valence-electron chi connectivity index (χ2n) is 6.59. The molecule has 0 saturated carbocycles.